The minimum absolute atomic E-state index is 0.224. The van der Waals surface area contributed by atoms with E-state index in [2.05, 4.69) is 15.5 Å². The van der Waals surface area contributed by atoms with Crippen LogP contribution in [-0.2, 0) is 18.4 Å². The minimum atomic E-state index is -0.224. The summed E-state index contributed by atoms with van der Waals surface area (Å²) in [6, 6.07) is 5.37. The number of halogens is 2. The minimum Gasteiger partial charge on any atom is -0.319 e. The van der Waals surface area contributed by atoms with Gasteiger partial charge in [-0.2, -0.15) is 10.2 Å². The van der Waals surface area contributed by atoms with E-state index in [0.717, 1.165) is 28.2 Å². The van der Waals surface area contributed by atoms with Crippen molar-refractivity contribution in [2.75, 3.05) is 5.32 Å². The fourth-order valence-electron chi connectivity index (χ4n) is 2.85. The van der Waals surface area contributed by atoms with Crippen molar-refractivity contribution in [3.05, 3.63) is 68.7 Å². The van der Waals surface area contributed by atoms with E-state index < -0.39 is 0 Å². The largest absolute Gasteiger partial charge is 0.319 e. The average molecular weight is 418 g/mol. The van der Waals surface area contributed by atoms with Crippen LogP contribution in [0.3, 0.4) is 0 Å². The molecule has 0 fully saturated rings. The van der Waals surface area contributed by atoms with E-state index in [0.29, 0.717) is 22.3 Å². The number of nitrogens with one attached hydrogen (secondary N) is 1. The molecule has 146 valence electrons. The molecule has 0 saturated heterocycles. The number of carbonyl (C=O) groups is 1. The summed E-state index contributed by atoms with van der Waals surface area (Å²) in [5, 5.41) is 12.8. The fourth-order valence-corrected chi connectivity index (χ4v) is 3.32. The first kappa shape index (κ1) is 20.2. The Bertz CT molecular complexity index is 1060. The number of hydrogen-bond acceptors (Lipinski definition) is 3. The number of hydrogen-bond donors (Lipinski definition) is 1. The Kier molecular flexibility index (Phi) is 5.91. The van der Waals surface area contributed by atoms with Gasteiger partial charge < -0.3 is 5.32 Å². The third kappa shape index (κ3) is 4.29. The van der Waals surface area contributed by atoms with E-state index in [1.165, 1.54) is 6.08 Å². The first-order chi connectivity index (χ1) is 13.3. The van der Waals surface area contributed by atoms with Crippen LogP contribution in [0.1, 0.15) is 28.2 Å². The number of benzene rings is 1. The summed E-state index contributed by atoms with van der Waals surface area (Å²) in [7, 11) is 1.86. The number of aromatic nitrogens is 4. The Morgan fingerprint density at radius 3 is 2.61 bits per heavy atom. The van der Waals surface area contributed by atoms with Crippen LogP contribution in [0.5, 0.6) is 0 Å². The van der Waals surface area contributed by atoms with Crippen molar-refractivity contribution < 1.29 is 4.79 Å². The summed E-state index contributed by atoms with van der Waals surface area (Å²) in [5.74, 6) is -0.224. The Labute approximate surface area is 173 Å². The van der Waals surface area contributed by atoms with Crippen LogP contribution in [-0.4, -0.2) is 25.5 Å². The summed E-state index contributed by atoms with van der Waals surface area (Å²) < 4.78 is 3.58. The molecular formula is C20H21Cl2N5O. The van der Waals surface area contributed by atoms with Gasteiger partial charge in [-0.05, 0) is 44.5 Å². The third-order valence-electron chi connectivity index (χ3n) is 4.65. The Morgan fingerprint density at radius 1 is 1.21 bits per heavy atom. The summed E-state index contributed by atoms with van der Waals surface area (Å²) in [5.41, 5.74) is 5.08. The van der Waals surface area contributed by atoms with Crippen LogP contribution in [0.2, 0.25) is 10.0 Å². The molecule has 3 rings (SSSR count). The molecule has 1 amide bonds. The summed E-state index contributed by atoms with van der Waals surface area (Å²) in [4.78, 5) is 12.4. The molecule has 2 aromatic heterocycles. The third-order valence-corrected chi connectivity index (χ3v) is 5.24. The van der Waals surface area contributed by atoms with Gasteiger partial charge >= 0.3 is 0 Å². The predicted octanol–water partition coefficient (Wildman–Crippen LogP) is 4.55. The molecular weight excluding hydrogens is 397 g/mol. The molecule has 28 heavy (non-hydrogen) atoms. The van der Waals surface area contributed by atoms with Crippen molar-refractivity contribution >= 4 is 40.9 Å². The fraction of sp³-hybridized carbons (Fsp3) is 0.250. The van der Waals surface area contributed by atoms with Crippen LogP contribution in [0, 0.1) is 20.8 Å². The topological polar surface area (TPSA) is 64.7 Å². The molecule has 6 nitrogen and oxygen atoms in total. The maximum atomic E-state index is 12.4. The van der Waals surface area contributed by atoms with E-state index in [1.807, 2.05) is 38.6 Å². The van der Waals surface area contributed by atoms with E-state index in [9.17, 15) is 4.79 Å². The molecule has 0 aliphatic carbocycles. The normalized spacial score (nSPS) is 11.4. The van der Waals surface area contributed by atoms with E-state index in [4.69, 9.17) is 23.2 Å². The zero-order chi connectivity index (χ0) is 20.4. The SMILES string of the molecule is Cc1nn(Cc2ccc(Cl)cc2Cl)c(C)c1NC(=O)/C=C\c1cnn(C)c1C. The summed E-state index contributed by atoms with van der Waals surface area (Å²) >= 11 is 12.2. The number of anilines is 1. The highest BCUT2D eigenvalue weighted by Gasteiger charge is 2.14. The Hall–Kier alpha value is -2.57. The zero-order valence-electron chi connectivity index (χ0n) is 16.1. The van der Waals surface area contributed by atoms with Crippen molar-refractivity contribution in [1.29, 1.82) is 0 Å². The molecule has 3 aromatic rings. The number of nitrogens with zero attached hydrogens (tertiary/aromatic N) is 4. The summed E-state index contributed by atoms with van der Waals surface area (Å²) in [6.45, 7) is 6.21. The lowest BCUT2D eigenvalue weighted by molar-refractivity contribution is -0.111. The summed E-state index contributed by atoms with van der Waals surface area (Å²) in [6.07, 6.45) is 4.97. The van der Waals surface area contributed by atoms with E-state index >= 15 is 0 Å². The Morgan fingerprint density at radius 2 is 1.96 bits per heavy atom. The van der Waals surface area contributed by atoms with Gasteiger partial charge in [-0.3, -0.25) is 14.2 Å². The molecule has 0 radical (unpaired) electrons. The highest BCUT2D eigenvalue weighted by molar-refractivity contribution is 6.35. The number of amides is 1. The van der Waals surface area contributed by atoms with E-state index in [1.54, 1.807) is 29.1 Å². The van der Waals surface area contributed by atoms with Gasteiger partial charge in [0.05, 0.1) is 29.8 Å². The van der Waals surface area contributed by atoms with Crippen molar-refractivity contribution in [1.82, 2.24) is 19.6 Å². The van der Waals surface area contributed by atoms with Gasteiger partial charge in [0.1, 0.15) is 0 Å². The van der Waals surface area contributed by atoms with Crippen molar-refractivity contribution in [2.45, 2.75) is 27.3 Å². The van der Waals surface area contributed by atoms with Crippen molar-refractivity contribution in [2.24, 2.45) is 7.05 Å². The van der Waals surface area contributed by atoms with Gasteiger partial charge in [0, 0.05) is 34.4 Å². The lowest BCUT2D eigenvalue weighted by Crippen LogP contribution is -2.10. The van der Waals surface area contributed by atoms with Gasteiger partial charge in [0.15, 0.2) is 0 Å². The second-order valence-corrected chi connectivity index (χ2v) is 7.41. The second kappa shape index (κ2) is 8.20. The number of carbonyl (C=O) groups excluding carboxylic acids is 1. The molecule has 8 heteroatoms. The molecule has 0 unspecified atom stereocenters. The zero-order valence-corrected chi connectivity index (χ0v) is 17.6. The first-order valence-electron chi connectivity index (χ1n) is 8.72. The smallest absolute Gasteiger partial charge is 0.248 e. The molecule has 0 aliphatic heterocycles. The van der Waals surface area contributed by atoms with E-state index in [-0.39, 0.29) is 5.91 Å². The number of aryl methyl sites for hydroxylation is 2. The molecule has 1 aromatic carbocycles. The van der Waals surface area contributed by atoms with Gasteiger partial charge in [-0.1, -0.05) is 29.3 Å². The quantitative estimate of drug-likeness (QED) is 0.619. The lowest BCUT2D eigenvalue weighted by atomic mass is 10.2. The van der Waals surface area contributed by atoms with Crippen LogP contribution < -0.4 is 5.32 Å². The molecule has 0 spiro atoms. The van der Waals surface area contributed by atoms with Gasteiger partial charge in [-0.25, -0.2) is 0 Å². The molecule has 0 bridgehead atoms. The van der Waals surface area contributed by atoms with Gasteiger partial charge in [0.2, 0.25) is 5.91 Å². The molecule has 2 heterocycles. The average Bonchev–Trinajstić information content (AvgIpc) is 3.09. The van der Waals surface area contributed by atoms with Crippen LogP contribution in [0.4, 0.5) is 5.69 Å². The highest BCUT2D eigenvalue weighted by Crippen LogP contribution is 2.25. The second-order valence-electron chi connectivity index (χ2n) is 6.57. The maximum absolute atomic E-state index is 12.4. The highest BCUT2D eigenvalue weighted by atomic mass is 35.5. The van der Waals surface area contributed by atoms with Crippen LogP contribution in [0.25, 0.3) is 6.08 Å². The Balaban J connectivity index is 1.76. The molecule has 0 atom stereocenters. The molecule has 1 N–H and O–H groups in total. The van der Waals surface area contributed by atoms with Gasteiger partial charge in [0.25, 0.3) is 0 Å². The maximum Gasteiger partial charge on any atom is 0.248 e. The number of rotatable bonds is 5. The van der Waals surface area contributed by atoms with Gasteiger partial charge in [-0.15, -0.1) is 0 Å². The monoisotopic (exact) mass is 417 g/mol. The van der Waals surface area contributed by atoms with Crippen LogP contribution >= 0.6 is 23.2 Å². The van der Waals surface area contributed by atoms with Crippen molar-refractivity contribution in [3.63, 3.8) is 0 Å². The predicted molar refractivity (Wildman–Crippen MR) is 113 cm³/mol. The molecule has 0 aliphatic rings. The van der Waals surface area contributed by atoms with Crippen LogP contribution in [0.15, 0.2) is 30.5 Å². The van der Waals surface area contributed by atoms with Crippen molar-refractivity contribution in [3.8, 4) is 0 Å². The standard InChI is InChI=1S/C20H21Cl2N5O/c1-12-20(24-19(28)8-6-15-10-23-26(4)13(15)2)14(3)27(25-12)11-16-5-7-17(21)9-18(16)22/h5-10H,11H2,1-4H3,(H,24,28)/b8-6-. The lowest BCUT2D eigenvalue weighted by Gasteiger charge is -2.08. The molecule has 0 saturated carbocycles. The first-order valence-corrected chi connectivity index (χ1v) is 9.47.